The van der Waals surface area contributed by atoms with Gasteiger partial charge in [0.1, 0.15) is 9.71 Å². The van der Waals surface area contributed by atoms with E-state index in [9.17, 15) is 9.59 Å². The summed E-state index contributed by atoms with van der Waals surface area (Å²) in [5.74, 6) is -1.11. The third-order valence-corrected chi connectivity index (χ3v) is 6.10. The van der Waals surface area contributed by atoms with Crippen molar-refractivity contribution in [3.05, 3.63) is 69.4 Å². The van der Waals surface area contributed by atoms with E-state index in [2.05, 4.69) is 15.4 Å². The molecule has 158 valence electrons. The maximum absolute atomic E-state index is 12.7. The number of anilines is 1. The largest absolute Gasteiger partial charge is 0.448 e. The Balaban J connectivity index is 1.53. The van der Waals surface area contributed by atoms with Gasteiger partial charge >= 0.3 is 5.97 Å². The number of halogens is 2. The molecule has 1 amide bonds. The average Bonchev–Trinajstić information content (AvgIpc) is 3.30. The molecule has 0 aliphatic carbocycles. The molecule has 3 heterocycles. The summed E-state index contributed by atoms with van der Waals surface area (Å²) in [4.78, 5) is 30.1. The first-order valence-electron chi connectivity index (χ1n) is 9.21. The molecule has 0 radical (unpaired) electrons. The van der Waals surface area contributed by atoms with Gasteiger partial charge in [0, 0.05) is 16.6 Å². The van der Waals surface area contributed by atoms with Crippen LogP contribution < -0.4 is 5.32 Å². The normalized spacial score (nSPS) is 12.0. The van der Waals surface area contributed by atoms with Crippen LogP contribution in [0.4, 0.5) is 5.69 Å². The molecule has 4 rings (SSSR count). The third-order valence-electron chi connectivity index (χ3n) is 4.47. The van der Waals surface area contributed by atoms with E-state index < -0.39 is 18.0 Å². The number of hydrogen-bond acceptors (Lipinski definition) is 6. The molecule has 1 unspecified atom stereocenters. The number of carbonyl (C=O) groups is 2. The van der Waals surface area contributed by atoms with E-state index in [1.54, 1.807) is 35.0 Å². The second-order valence-corrected chi connectivity index (χ2v) is 8.51. The first-order valence-corrected chi connectivity index (χ1v) is 10.8. The van der Waals surface area contributed by atoms with E-state index in [0.29, 0.717) is 15.6 Å². The average molecular weight is 475 g/mol. The van der Waals surface area contributed by atoms with Crippen LogP contribution in [0.15, 0.2) is 48.7 Å². The molecule has 0 aliphatic heterocycles. The van der Waals surface area contributed by atoms with Gasteiger partial charge in [0.15, 0.2) is 11.3 Å². The Morgan fingerprint density at radius 3 is 2.74 bits per heavy atom. The van der Waals surface area contributed by atoms with Crippen molar-refractivity contribution >= 4 is 62.3 Å². The fourth-order valence-corrected chi connectivity index (χ4v) is 4.33. The number of carbonyl (C=O) groups excluding carboxylic acids is 2. The number of rotatable bonds is 5. The van der Waals surface area contributed by atoms with Gasteiger partial charge in [-0.25, -0.2) is 14.5 Å². The number of amides is 1. The van der Waals surface area contributed by atoms with Crippen LogP contribution in [0.2, 0.25) is 10.2 Å². The van der Waals surface area contributed by atoms with Crippen molar-refractivity contribution in [3.63, 3.8) is 0 Å². The molecule has 0 bridgehead atoms. The zero-order chi connectivity index (χ0) is 22.1. The number of nitrogens with one attached hydrogen (secondary N) is 1. The van der Waals surface area contributed by atoms with Crippen molar-refractivity contribution in [1.82, 2.24) is 14.8 Å². The van der Waals surface area contributed by atoms with Gasteiger partial charge in [0.05, 0.1) is 17.1 Å². The second kappa shape index (κ2) is 8.66. The van der Waals surface area contributed by atoms with Crippen LogP contribution in [0.1, 0.15) is 22.3 Å². The van der Waals surface area contributed by atoms with Gasteiger partial charge in [-0.15, -0.1) is 11.3 Å². The van der Waals surface area contributed by atoms with Crippen molar-refractivity contribution in [2.75, 3.05) is 5.32 Å². The molecule has 0 saturated carbocycles. The smallest absolute Gasteiger partial charge is 0.349 e. The molecule has 0 saturated heterocycles. The highest BCUT2D eigenvalue weighted by atomic mass is 35.5. The van der Waals surface area contributed by atoms with Crippen molar-refractivity contribution in [3.8, 4) is 5.69 Å². The minimum absolute atomic E-state index is 0.153. The SMILES string of the molecule is Cc1nn(-c2cccc(Cl)c2)c2sc(C(=O)OC(C)C(=O)Nc3cccnc3Cl)cc12. The van der Waals surface area contributed by atoms with Crippen LogP contribution in [0.5, 0.6) is 0 Å². The standard InChI is InChI=1S/C21H16Cl2N4O3S/c1-11-15-10-17(31-20(15)27(26-11)14-6-3-5-13(22)9-14)21(29)30-12(2)19(28)25-16-7-4-8-24-18(16)23/h3-10,12H,1-2H3,(H,25,28). The minimum Gasteiger partial charge on any atom is -0.448 e. The predicted octanol–water partition coefficient (Wildman–Crippen LogP) is 5.28. The molecule has 1 atom stereocenters. The van der Waals surface area contributed by atoms with Gasteiger partial charge in [-0.3, -0.25) is 4.79 Å². The predicted molar refractivity (Wildman–Crippen MR) is 121 cm³/mol. The van der Waals surface area contributed by atoms with E-state index in [1.165, 1.54) is 24.5 Å². The van der Waals surface area contributed by atoms with Crippen LogP contribution in [-0.4, -0.2) is 32.7 Å². The molecule has 1 aromatic carbocycles. The summed E-state index contributed by atoms with van der Waals surface area (Å²) in [6.07, 6.45) is 0.481. The Bertz CT molecular complexity index is 1300. The quantitative estimate of drug-likeness (QED) is 0.314. The Kier molecular flexibility index (Phi) is 5.95. The molecule has 7 nitrogen and oxygen atoms in total. The van der Waals surface area contributed by atoms with Gasteiger partial charge in [-0.2, -0.15) is 5.10 Å². The van der Waals surface area contributed by atoms with Crippen LogP contribution in [0.3, 0.4) is 0 Å². The number of ether oxygens (including phenoxy) is 1. The van der Waals surface area contributed by atoms with Gasteiger partial charge in [-0.05, 0) is 50.2 Å². The Hall–Kier alpha value is -2.94. The summed E-state index contributed by atoms with van der Waals surface area (Å²) < 4.78 is 7.09. The number of thiophene rings is 1. The van der Waals surface area contributed by atoms with Gasteiger partial charge in [0.25, 0.3) is 5.91 Å². The Labute approximate surface area is 191 Å². The van der Waals surface area contributed by atoms with Crippen LogP contribution >= 0.6 is 34.5 Å². The lowest BCUT2D eigenvalue weighted by Gasteiger charge is -2.13. The monoisotopic (exact) mass is 474 g/mol. The highest BCUT2D eigenvalue weighted by Crippen LogP contribution is 2.31. The molecule has 0 spiro atoms. The highest BCUT2D eigenvalue weighted by molar-refractivity contribution is 7.20. The summed E-state index contributed by atoms with van der Waals surface area (Å²) in [6.45, 7) is 3.35. The van der Waals surface area contributed by atoms with Crippen molar-refractivity contribution in [2.45, 2.75) is 20.0 Å². The zero-order valence-electron chi connectivity index (χ0n) is 16.4. The molecule has 3 aromatic heterocycles. The second-order valence-electron chi connectivity index (χ2n) is 6.69. The maximum atomic E-state index is 12.7. The van der Waals surface area contributed by atoms with Crippen LogP contribution in [0, 0.1) is 6.92 Å². The Morgan fingerprint density at radius 2 is 2.00 bits per heavy atom. The van der Waals surface area contributed by atoms with Gasteiger partial charge < -0.3 is 10.1 Å². The minimum atomic E-state index is -1.03. The number of fused-ring (bicyclic) bond motifs is 1. The fraction of sp³-hybridized carbons (Fsp3) is 0.143. The number of esters is 1. The van der Waals surface area contributed by atoms with E-state index in [4.69, 9.17) is 27.9 Å². The number of hydrogen-bond donors (Lipinski definition) is 1. The van der Waals surface area contributed by atoms with Crippen LogP contribution in [0.25, 0.3) is 15.9 Å². The molecule has 0 fully saturated rings. The van der Waals surface area contributed by atoms with Crippen molar-refractivity contribution in [2.24, 2.45) is 0 Å². The lowest BCUT2D eigenvalue weighted by atomic mass is 10.3. The summed E-state index contributed by atoms with van der Waals surface area (Å²) in [5.41, 5.74) is 1.90. The van der Waals surface area contributed by atoms with E-state index in [0.717, 1.165) is 21.6 Å². The van der Waals surface area contributed by atoms with Crippen LogP contribution in [-0.2, 0) is 9.53 Å². The molecule has 10 heteroatoms. The number of benzene rings is 1. The maximum Gasteiger partial charge on any atom is 0.349 e. The molecular formula is C21H16Cl2N4O3S. The first kappa shape index (κ1) is 21.3. The number of pyridine rings is 1. The van der Waals surface area contributed by atoms with E-state index in [1.807, 2.05) is 19.1 Å². The van der Waals surface area contributed by atoms with Gasteiger partial charge in [-0.1, -0.05) is 29.3 Å². The lowest BCUT2D eigenvalue weighted by molar-refractivity contribution is -0.123. The van der Waals surface area contributed by atoms with E-state index in [-0.39, 0.29) is 5.15 Å². The summed E-state index contributed by atoms with van der Waals surface area (Å²) in [7, 11) is 0. The number of aromatic nitrogens is 3. The summed E-state index contributed by atoms with van der Waals surface area (Å²) in [6, 6.07) is 12.2. The third kappa shape index (κ3) is 4.41. The van der Waals surface area contributed by atoms with E-state index >= 15 is 0 Å². The van der Waals surface area contributed by atoms with Gasteiger partial charge in [0.2, 0.25) is 0 Å². The first-order chi connectivity index (χ1) is 14.8. The zero-order valence-corrected chi connectivity index (χ0v) is 18.8. The van der Waals surface area contributed by atoms with Crippen molar-refractivity contribution < 1.29 is 14.3 Å². The molecular weight excluding hydrogens is 459 g/mol. The lowest BCUT2D eigenvalue weighted by Crippen LogP contribution is -2.29. The molecule has 31 heavy (non-hydrogen) atoms. The number of nitrogens with zero attached hydrogens (tertiary/aromatic N) is 3. The summed E-state index contributed by atoms with van der Waals surface area (Å²) in [5, 5.41) is 8.71. The highest BCUT2D eigenvalue weighted by Gasteiger charge is 2.23. The fourth-order valence-electron chi connectivity index (χ4n) is 2.92. The Morgan fingerprint density at radius 1 is 1.19 bits per heavy atom. The molecule has 1 N–H and O–H groups in total. The molecule has 0 aliphatic rings. The van der Waals surface area contributed by atoms with Crippen molar-refractivity contribution in [1.29, 1.82) is 0 Å². The topological polar surface area (TPSA) is 86.1 Å². The molecule has 4 aromatic rings. The number of aryl methyl sites for hydroxylation is 1. The summed E-state index contributed by atoms with van der Waals surface area (Å²) >= 11 is 13.3.